The fourth-order valence-corrected chi connectivity index (χ4v) is 2.16. The van der Waals surface area contributed by atoms with Crippen LogP contribution in [0.25, 0.3) is 11.3 Å². The molecule has 0 aliphatic heterocycles. The van der Waals surface area contributed by atoms with Crippen LogP contribution in [-0.2, 0) is 6.54 Å². The monoisotopic (exact) mass is 271 g/mol. The molecule has 3 rings (SSSR count). The molecule has 0 saturated heterocycles. The summed E-state index contributed by atoms with van der Waals surface area (Å²) in [5.74, 6) is 2.76. The largest absolute Gasteiger partial charge is 0.493 e. The van der Waals surface area contributed by atoms with Gasteiger partial charge in [-0.1, -0.05) is 19.1 Å². The molecule has 1 aromatic heterocycles. The van der Waals surface area contributed by atoms with Crippen molar-refractivity contribution in [2.24, 2.45) is 0 Å². The van der Waals surface area contributed by atoms with E-state index in [1.165, 1.54) is 12.8 Å². The third kappa shape index (κ3) is 3.23. The summed E-state index contributed by atoms with van der Waals surface area (Å²) < 4.78 is 11.7. The Morgan fingerprint density at radius 1 is 1.20 bits per heavy atom. The van der Waals surface area contributed by atoms with E-state index in [9.17, 15) is 0 Å². The molecule has 1 heterocycles. The number of hydrogen-bond donors (Lipinski definition) is 1. The van der Waals surface area contributed by atoms with Gasteiger partial charge in [-0.05, 0) is 43.5 Å². The molecule has 20 heavy (non-hydrogen) atoms. The fraction of sp³-hybridized carbons (Fsp3) is 0.412. The van der Waals surface area contributed by atoms with Gasteiger partial charge in [-0.3, -0.25) is 0 Å². The molecule has 3 nitrogen and oxygen atoms in total. The van der Waals surface area contributed by atoms with E-state index in [1.54, 1.807) is 0 Å². The molecule has 0 bridgehead atoms. The molecule has 1 N–H and O–H groups in total. The summed E-state index contributed by atoms with van der Waals surface area (Å²) in [4.78, 5) is 0. The molecule has 1 saturated carbocycles. The van der Waals surface area contributed by atoms with E-state index in [0.29, 0.717) is 6.04 Å². The second kappa shape index (κ2) is 6.14. The molecule has 0 spiro atoms. The maximum absolute atomic E-state index is 5.93. The summed E-state index contributed by atoms with van der Waals surface area (Å²) in [7, 11) is 0. The van der Waals surface area contributed by atoms with Crippen LogP contribution < -0.4 is 10.1 Å². The van der Waals surface area contributed by atoms with Crippen LogP contribution in [0.15, 0.2) is 40.8 Å². The topological polar surface area (TPSA) is 34.4 Å². The Hall–Kier alpha value is -1.74. The van der Waals surface area contributed by atoms with E-state index < -0.39 is 0 Å². The van der Waals surface area contributed by atoms with E-state index in [0.717, 1.165) is 42.4 Å². The Labute approximate surface area is 119 Å². The van der Waals surface area contributed by atoms with Gasteiger partial charge in [0.1, 0.15) is 17.3 Å². The normalized spacial score (nSPS) is 14.4. The van der Waals surface area contributed by atoms with Gasteiger partial charge in [0.15, 0.2) is 0 Å². The number of nitrogens with one attached hydrogen (secondary N) is 1. The third-order valence-corrected chi connectivity index (χ3v) is 3.42. The Morgan fingerprint density at radius 3 is 2.85 bits per heavy atom. The zero-order valence-electron chi connectivity index (χ0n) is 11.9. The Morgan fingerprint density at radius 2 is 2.05 bits per heavy atom. The van der Waals surface area contributed by atoms with Crippen molar-refractivity contribution in [2.45, 2.75) is 38.8 Å². The first-order valence-electron chi connectivity index (χ1n) is 7.41. The molecule has 1 aliphatic carbocycles. The molecule has 0 amide bonds. The number of rotatable bonds is 7. The van der Waals surface area contributed by atoms with E-state index in [2.05, 4.69) is 12.2 Å². The quantitative estimate of drug-likeness (QED) is 0.827. The molecule has 3 heteroatoms. The number of ether oxygens (including phenoxy) is 1. The van der Waals surface area contributed by atoms with E-state index in [-0.39, 0.29) is 0 Å². The summed E-state index contributed by atoms with van der Waals surface area (Å²) in [5.41, 5.74) is 1.03. The van der Waals surface area contributed by atoms with E-state index in [4.69, 9.17) is 9.15 Å². The van der Waals surface area contributed by atoms with E-state index >= 15 is 0 Å². The second-order valence-corrected chi connectivity index (χ2v) is 5.27. The standard InChI is InChI=1S/C17H21NO2/c1-2-11-19-16-6-4-3-5-15(16)17-10-9-14(20-17)12-18-13-7-8-13/h3-6,9-10,13,18H,2,7-8,11-12H2,1H3. The summed E-state index contributed by atoms with van der Waals surface area (Å²) in [6.07, 6.45) is 3.59. The number of para-hydroxylation sites is 1. The minimum Gasteiger partial charge on any atom is -0.493 e. The van der Waals surface area contributed by atoms with Gasteiger partial charge in [-0.25, -0.2) is 0 Å². The van der Waals surface area contributed by atoms with Crippen molar-refractivity contribution in [3.05, 3.63) is 42.2 Å². The zero-order valence-corrected chi connectivity index (χ0v) is 11.9. The van der Waals surface area contributed by atoms with Crippen molar-refractivity contribution in [2.75, 3.05) is 6.61 Å². The lowest BCUT2D eigenvalue weighted by Gasteiger charge is -2.08. The van der Waals surface area contributed by atoms with Crippen molar-refractivity contribution in [3.8, 4) is 17.1 Å². The first kappa shape index (κ1) is 13.3. The maximum atomic E-state index is 5.93. The van der Waals surface area contributed by atoms with Crippen LogP contribution in [0.3, 0.4) is 0 Å². The van der Waals surface area contributed by atoms with Crippen LogP contribution >= 0.6 is 0 Å². The van der Waals surface area contributed by atoms with Crippen molar-refractivity contribution >= 4 is 0 Å². The number of furan rings is 1. The maximum Gasteiger partial charge on any atom is 0.138 e. The molecule has 0 unspecified atom stereocenters. The fourth-order valence-electron chi connectivity index (χ4n) is 2.16. The molecule has 1 aromatic carbocycles. The van der Waals surface area contributed by atoms with Gasteiger partial charge in [-0.15, -0.1) is 0 Å². The Bertz CT molecular complexity index is 558. The van der Waals surface area contributed by atoms with Gasteiger partial charge in [0.25, 0.3) is 0 Å². The molecule has 0 atom stereocenters. The lowest BCUT2D eigenvalue weighted by molar-refractivity contribution is 0.318. The lowest BCUT2D eigenvalue weighted by Crippen LogP contribution is -2.14. The van der Waals surface area contributed by atoms with Crippen molar-refractivity contribution in [3.63, 3.8) is 0 Å². The van der Waals surface area contributed by atoms with Crippen molar-refractivity contribution < 1.29 is 9.15 Å². The zero-order chi connectivity index (χ0) is 13.8. The first-order chi connectivity index (χ1) is 9.86. The van der Waals surface area contributed by atoms with Gasteiger partial charge in [0.05, 0.1) is 18.7 Å². The number of hydrogen-bond acceptors (Lipinski definition) is 3. The van der Waals surface area contributed by atoms with Crippen LogP contribution in [-0.4, -0.2) is 12.6 Å². The van der Waals surface area contributed by atoms with Gasteiger partial charge >= 0.3 is 0 Å². The lowest BCUT2D eigenvalue weighted by atomic mass is 10.1. The molecule has 1 fully saturated rings. The summed E-state index contributed by atoms with van der Waals surface area (Å²) in [5, 5.41) is 3.46. The third-order valence-electron chi connectivity index (χ3n) is 3.42. The predicted octanol–water partition coefficient (Wildman–Crippen LogP) is 3.99. The average Bonchev–Trinajstić information content (AvgIpc) is 3.20. The van der Waals surface area contributed by atoms with Crippen molar-refractivity contribution in [1.29, 1.82) is 0 Å². The van der Waals surface area contributed by atoms with Crippen LogP contribution in [0.4, 0.5) is 0 Å². The van der Waals surface area contributed by atoms with Gasteiger partial charge in [-0.2, -0.15) is 0 Å². The highest BCUT2D eigenvalue weighted by Crippen LogP contribution is 2.31. The van der Waals surface area contributed by atoms with Gasteiger partial charge < -0.3 is 14.5 Å². The minimum atomic E-state index is 0.698. The highest BCUT2D eigenvalue weighted by molar-refractivity contribution is 5.65. The summed E-state index contributed by atoms with van der Waals surface area (Å²) in [6, 6.07) is 12.8. The van der Waals surface area contributed by atoms with Gasteiger partial charge in [0.2, 0.25) is 0 Å². The van der Waals surface area contributed by atoms with Crippen LogP contribution in [0.2, 0.25) is 0 Å². The van der Waals surface area contributed by atoms with E-state index in [1.807, 2.05) is 36.4 Å². The van der Waals surface area contributed by atoms with Crippen LogP contribution in [0, 0.1) is 0 Å². The smallest absolute Gasteiger partial charge is 0.138 e. The minimum absolute atomic E-state index is 0.698. The second-order valence-electron chi connectivity index (χ2n) is 5.27. The first-order valence-corrected chi connectivity index (χ1v) is 7.41. The molecular formula is C17H21NO2. The van der Waals surface area contributed by atoms with Gasteiger partial charge in [0, 0.05) is 6.04 Å². The van der Waals surface area contributed by atoms with Crippen molar-refractivity contribution in [1.82, 2.24) is 5.32 Å². The number of benzene rings is 1. The molecule has 1 aliphatic rings. The summed E-state index contributed by atoms with van der Waals surface area (Å²) in [6.45, 7) is 3.65. The molecule has 0 radical (unpaired) electrons. The SMILES string of the molecule is CCCOc1ccccc1-c1ccc(CNC2CC2)o1. The van der Waals surface area contributed by atoms with Crippen LogP contribution in [0.5, 0.6) is 5.75 Å². The summed E-state index contributed by atoms with van der Waals surface area (Å²) >= 11 is 0. The molecule has 2 aromatic rings. The average molecular weight is 271 g/mol. The van der Waals surface area contributed by atoms with Crippen LogP contribution in [0.1, 0.15) is 31.9 Å². The molecule has 106 valence electrons. The predicted molar refractivity (Wildman–Crippen MR) is 79.8 cm³/mol. The highest BCUT2D eigenvalue weighted by Gasteiger charge is 2.20. The molecular weight excluding hydrogens is 250 g/mol. The Kier molecular flexibility index (Phi) is 4.07. The highest BCUT2D eigenvalue weighted by atomic mass is 16.5. The Balaban J connectivity index is 1.73.